The van der Waals surface area contributed by atoms with E-state index in [1.54, 1.807) is 12.1 Å². The molecule has 12 aromatic rings. The molecule has 12 rings (SSSR count). The second-order valence-corrected chi connectivity index (χ2v) is 15.8. The van der Waals surface area contributed by atoms with Crippen molar-refractivity contribution in [1.29, 1.82) is 0 Å². The van der Waals surface area contributed by atoms with Crippen molar-refractivity contribution in [1.82, 2.24) is 24.1 Å². The maximum Gasteiger partial charge on any atom is 0.167 e. The predicted octanol–water partition coefficient (Wildman–Crippen LogP) is 5.73. The van der Waals surface area contributed by atoms with Gasteiger partial charge in [0.2, 0.25) is 0 Å². The molecular formula is C51H25B6N5O. The lowest BCUT2D eigenvalue weighted by atomic mass is 9.74. The summed E-state index contributed by atoms with van der Waals surface area (Å²) < 4.78 is 11.0. The highest BCUT2D eigenvalue weighted by Gasteiger charge is 2.27. The Morgan fingerprint density at radius 3 is 1.46 bits per heavy atom. The zero-order valence-corrected chi connectivity index (χ0v) is 33.5. The number of hydrogen-bond donors (Lipinski definition) is 0. The summed E-state index contributed by atoms with van der Waals surface area (Å²) in [4.78, 5) is 14.9. The van der Waals surface area contributed by atoms with Gasteiger partial charge in [0.15, 0.2) is 17.5 Å². The molecule has 63 heavy (non-hydrogen) atoms. The summed E-state index contributed by atoms with van der Waals surface area (Å²) in [6.07, 6.45) is 0. The Bertz CT molecular complexity index is 3810. The van der Waals surface area contributed by atoms with E-state index in [2.05, 4.69) is 15.2 Å². The highest BCUT2D eigenvalue weighted by atomic mass is 16.3. The van der Waals surface area contributed by atoms with Crippen LogP contribution in [0.1, 0.15) is 0 Å². The molecule has 0 saturated carbocycles. The van der Waals surface area contributed by atoms with E-state index >= 15 is 0 Å². The van der Waals surface area contributed by atoms with Crippen LogP contribution in [-0.4, -0.2) is 71.2 Å². The lowest BCUT2D eigenvalue weighted by molar-refractivity contribution is 0.669. The molecule has 6 nitrogen and oxygen atoms in total. The Balaban J connectivity index is 1.17. The molecule has 4 heterocycles. The Morgan fingerprint density at radius 1 is 0.397 bits per heavy atom. The normalized spacial score (nSPS) is 11.9. The fraction of sp³-hybridized carbons (Fsp3) is 0. The quantitative estimate of drug-likeness (QED) is 0.209. The van der Waals surface area contributed by atoms with E-state index in [4.69, 9.17) is 66.4 Å². The summed E-state index contributed by atoms with van der Waals surface area (Å²) in [5.74, 6) is 1.61. The zero-order valence-electron chi connectivity index (χ0n) is 33.5. The van der Waals surface area contributed by atoms with E-state index in [1.807, 2.05) is 133 Å². The highest BCUT2D eigenvalue weighted by molar-refractivity contribution is 6.61. The van der Waals surface area contributed by atoms with Crippen molar-refractivity contribution < 1.29 is 4.42 Å². The lowest BCUT2D eigenvalue weighted by Crippen LogP contribution is -2.27. The van der Waals surface area contributed by atoms with Crippen LogP contribution in [0.4, 0.5) is 0 Å². The van der Waals surface area contributed by atoms with E-state index in [9.17, 15) is 0 Å². The Labute approximate surface area is 369 Å². The first-order chi connectivity index (χ1) is 30.7. The summed E-state index contributed by atoms with van der Waals surface area (Å²) >= 11 is 0. The van der Waals surface area contributed by atoms with Gasteiger partial charge in [-0.05, 0) is 36.4 Å². The number of benzene rings is 8. The molecule has 0 aliphatic heterocycles. The first-order valence-corrected chi connectivity index (χ1v) is 20.3. The fourth-order valence-electron chi connectivity index (χ4n) is 9.33. The van der Waals surface area contributed by atoms with Crippen LogP contribution in [0.15, 0.2) is 156 Å². The van der Waals surface area contributed by atoms with Gasteiger partial charge in [0, 0.05) is 65.9 Å². The van der Waals surface area contributed by atoms with Gasteiger partial charge in [-0.3, -0.25) is 0 Å². The fourth-order valence-corrected chi connectivity index (χ4v) is 9.33. The van der Waals surface area contributed by atoms with Crippen molar-refractivity contribution in [3.05, 3.63) is 152 Å². The minimum atomic E-state index is 0.390. The van der Waals surface area contributed by atoms with Crippen LogP contribution in [0.2, 0.25) is 0 Å². The summed E-state index contributed by atoms with van der Waals surface area (Å²) in [5, 5.41) is 4.70. The molecule has 0 N–H and O–H groups in total. The number of para-hydroxylation sites is 2. The predicted molar refractivity (Wildman–Crippen MR) is 264 cm³/mol. The molecule has 12 radical (unpaired) electrons. The Morgan fingerprint density at radius 2 is 0.905 bits per heavy atom. The topological polar surface area (TPSA) is 61.7 Å². The number of rotatable bonds is 5. The molecule has 0 amide bonds. The molecule has 0 spiro atoms. The first-order valence-electron chi connectivity index (χ1n) is 20.3. The van der Waals surface area contributed by atoms with Gasteiger partial charge in [-0.2, -0.15) is 0 Å². The maximum atomic E-state index is 7.15. The molecule has 4 aromatic heterocycles. The maximum absolute atomic E-state index is 7.15. The van der Waals surface area contributed by atoms with Crippen molar-refractivity contribution in [3.63, 3.8) is 0 Å². The van der Waals surface area contributed by atoms with E-state index < -0.39 is 0 Å². The molecular weight excluding hydrogens is 763 g/mol. The zero-order chi connectivity index (χ0) is 42.7. The van der Waals surface area contributed by atoms with Gasteiger partial charge in [-0.25, -0.2) is 15.0 Å². The highest BCUT2D eigenvalue weighted by Crippen LogP contribution is 2.41. The van der Waals surface area contributed by atoms with Crippen LogP contribution < -0.4 is 32.8 Å². The molecule has 0 aliphatic rings. The van der Waals surface area contributed by atoms with Gasteiger partial charge >= 0.3 is 0 Å². The van der Waals surface area contributed by atoms with Crippen LogP contribution in [0.5, 0.6) is 0 Å². The van der Waals surface area contributed by atoms with Gasteiger partial charge in [0.25, 0.3) is 0 Å². The molecule has 8 aromatic carbocycles. The van der Waals surface area contributed by atoms with Crippen LogP contribution in [0.3, 0.4) is 0 Å². The molecule has 0 fully saturated rings. The second kappa shape index (κ2) is 14.0. The molecule has 0 atom stereocenters. The van der Waals surface area contributed by atoms with Gasteiger partial charge < -0.3 is 13.6 Å². The Hall–Kier alpha value is -7.44. The van der Waals surface area contributed by atoms with Crippen LogP contribution in [0, 0.1) is 0 Å². The van der Waals surface area contributed by atoms with E-state index in [0.717, 1.165) is 77.1 Å². The molecule has 278 valence electrons. The summed E-state index contributed by atoms with van der Waals surface area (Å²) in [6, 6.07) is 49.3. The van der Waals surface area contributed by atoms with E-state index in [0.29, 0.717) is 66.8 Å². The monoisotopic (exact) mass is 789 g/mol. The third-order valence-electron chi connectivity index (χ3n) is 12.0. The Kier molecular flexibility index (Phi) is 8.32. The van der Waals surface area contributed by atoms with Gasteiger partial charge in [-0.1, -0.05) is 148 Å². The standard InChI is InChI=1S/C51H25B6N5O/c52-28-21-35-40-42(56)43(57)41-36-22-29(53)24-38(55)45(36)62(47(41)46(40)61(44(35)37(54)23-28)30-15-8-3-9-16-30)31-19-20-39-34(25-31)32-17-10-18-33(48(32)63-39)51-59-49(26-11-4-1-5-12-26)58-50(60-51)27-13-6-2-7-14-27/h1-25H. The molecule has 0 unspecified atom stereocenters. The van der Waals surface area contributed by atoms with Crippen LogP contribution >= 0.6 is 0 Å². The number of furan rings is 1. The number of nitrogens with zero attached hydrogens (tertiary/aromatic N) is 5. The molecule has 0 saturated heterocycles. The average Bonchev–Trinajstić information content (AvgIpc) is 3.97. The summed E-state index contributed by atoms with van der Waals surface area (Å²) in [5.41, 5.74) is 11.2. The third-order valence-corrected chi connectivity index (χ3v) is 12.0. The number of hydrogen-bond acceptors (Lipinski definition) is 4. The third kappa shape index (κ3) is 5.63. The van der Waals surface area contributed by atoms with Crippen LogP contribution in [-0.2, 0) is 0 Å². The molecule has 0 bridgehead atoms. The number of aromatic nitrogens is 5. The minimum absolute atomic E-state index is 0.390. The van der Waals surface area contributed by atoms with Crippen molar-refractivity contribution in [2.24, 2.45) is 0 Å². The van der Waals surface area contributed by atoms with E-state index in [-0.39, 0.29) is 0 Å². The first kappa shape index (κ1) is 37.3. The minimum Gasteiger partial charge on any atom is -0.455 e. The summed E-state index contributed by atoms with van der Waals surface area (Å²) in [7, 11) is 41.1. The largest absolute Gasteiger partial charge is 0.455 e. The lowest BCUT2D eigenvalue weighted by Gasteiger charge is -2.16. The van der Waals surface area contributed by atoms with Crippen LogP contribution in [0.25, 0.3) is 111 Å². The second-order valence-electron chi connectivity index (χ2n) is 15.8. The van der Waals surface area contributed by atoms with Crippen molar-refractivity contribution >= 4 is 145 Å². The van der Waals surface area contributed by atoms with Gasteiger partial charge in [0.05, 0.1) is 16.6 Å². The molecule has 12 heteroatoms. The van der Waals surface area contributed by atoms with Crippen molar-refractivity contribution in [2.45, 2.75) is 0 Å². The van der Waals surface area contributed by atoms with E-state index in [1.165, 1.54) is 0 Å². The SMILES string of the molecule is [B]c1cc([B])c2c(c1)c1c([B])c([B])c3c4cc([B])cc([B])c4n(-c4ccc5oc6c(-c7nc(-c8ccccc8)nc(-c8ccccc8)n7)cccc6c5c4)c3c1n2-c1ccccc1. The van der Waals surface area contributed by atoms with Gasteiger partial charge in [0.1, 0.15) is 58.2 Å². The summed E-state index contributed by atoms with van der Waals surface area (Å²) in [6.45, 7) is 0. The average molecular weight is 789 g/mol. The van der Waals surface area contributed by atoms with Crippen molar-refractivity contribution in [2.75, 3.05) is 0 Å². The number of fused-ring (bicyclic) bond motifs is 10. The molecule has 0 aliphatic carbocycles. The smallest absolute Gasteiger partial charge is 0.167 e. The van der Waals surface area contributed by atoms with Gasteiger partial charge in [-0.15, -0.1) is 0 Å². The van der Waals surface area contributed by atoms with Crippen molar-refractivity contribution in [3.8, 4) is 45.5 Å².